The van der Waals surface area contributed by atoms with E-state index >= 15 is 0 Å². The summed E-state index contributed by atoms with van der Waals surface area (Å²) in [6.45, 7) is 12.4. The molecule has 1 fully saturated rings. The molecule has 1 aliphatic heterocycles. The van der Waals surface area contributed by atoms with E-state index in [1.54, 1.807) is 25.3 Å². The van der Waals surface area contributed by atoms with Gasteiger partial charge in [0.05, 0.1) is 0 Å². The Bertz CT molecular complexity index is 556. The minimum absolute atomic E-state index is 0.244. The monoisotopic (exact) mass is 412 g/mol. The van der Waals surface area contributed by atoms with Crippen LogP contribution < -0.4 is 0 Å². The van der Waals surface area contributed by atoms with Gasteiger partial charge in [0.1, 0.15) is 0 Å². The Balaban J connectivity index is 2.35. The molecule has 3 nitrogen and oxygen atoms in total. The summed E-state index contributed by atoms with van der Waals surface area (Å²) in [6, 6.07) is 7.37. The van der Waals surface area contributed by atoms with Gasteiger partial charge in [-0.25, -0.2) is 0 Å². The van der Waals surface area contributed by atoms with E-state index < -0.39 is 18.2 Å². The summed E-state index contributed by atoms with van der Waals surface area (Å²) in [4.78, 5) is 12.7. The number of hydrogen-bond acceptors (Lipinski definition) is 3. The topological polar surface area (TPSA) is 35.5 Å². The van der Waals surface area contributed by atoms with Gasteiger partial charge in [0.25, 0.3) is 0 Å². The van der Waals surface area contributed by atoms with Crippen molar-refractivity contribution in [2.45, 2.75) is 45.7 Å². The van der Waals surface area contributed by atoms with Crippen LogP contribution in [-0.4, -0.2) is 31.3 Å². The van der Waals surface area contributed by atoms with Crippen molar-refractivity contribution in [1.82, 2.24) is 0 Å². The Kier molecular flexibility index (Phi) is 4.80. The van der Waals surface area contributed by atoms with E-state index in [0.717, 1.165) is 12.0 Å². The zero-order valence-electron chi connectivity index (χ0n) is 14.2. The molecule has 0 saturated carbocycles. The zero-order valence-corrected chi connectivity index (χ0v) is 16.8. The average molecular weight is 413 g/mol. The third-order valence-corrected chi connectivity index (χ3v) is 26.2. The van der Waals surface area contributed by atoms with Crippen molar-refractivity contribution in [3.05, 3.63) is 42.0 Å². The van der Waals surface area contributed by atoms with Gasteiger partial charge in [-0.15, -0.1) is 0 Å². The Labute approximate surface area is 135 Å². The SMILES string of the molecule is C=Cc1ccc(C(=O)[O][Sb]2([O]C)([CH](C)C)[CH](C)C[CH]2C)cc1. The van der Waals surface area contributed by atoms with Crippen molar-refractivity contribution in [3.63, 3.8) is 0 Å². The van der Waals surface area contributed by atoms with Gasteiger partial charge < -0.3 is 0 Å². The van der Waals surface area contributed by atoms with E-state index in [2.05, 4.69) is 34.3 Å². The standard InChI is InChI=1S/C9H8O2.C5H10.C3H7.CH3O.Sb/c1-2-7-3-5-8(6-4-7)9(10)11;1-3-5-4-2;1-3-2;1-2;/h2-6H,1H2,(H,10,11);3-4H,5H2,1-2H3;3H,1-2H3;1H3;/q;;;-1;+2/p-1. The van der Waals surface area contributed by atoms with E-state index in [1.807, 2.05) is 12.1 Å². The first-order valence-electron chi connectivity index (χ1n) is 7.85. The van der Waals surface area contributed by atoms with Crippen LogP contribution in [0.3, 0.4) is 0 Å². The van der Waals surface area contributed by atoms with Crippen LogP contribution in [0.2, 0.25) is 11.6 Å². The molecule has 0 aliphatic carbocycles. The van der Waals surface area contributed by atoms with E-state index in [0.29, 0.717) is 13.3 Å². The predicted octanol–water partition coefficient (Wildman–Crippen LogP) is 5.12. The van der Waals surface area contributed by atoms with Gasteiger partial charge >= 0.3 is 136 Å². The molecular formula is C18H27O3Sb. The van der Waals surface area contributed by atoms with Gasteiger partial charge in [-0.1, -0.05) is 0 Å². The maximum atomic E-state index is 12.7. The molecule has 0 aromatic heterocycles. The van der Waals surface area contributed by atoms with Crippen molar-refractivity contribution >= 4 is 30.3 Å². The number of benzene rings is 1. The van der Waals surface area contributed by atoms with Crippen molar-refractivity contribution in [2.75, 3.05) is 7.11 Å². The van der Waals surface area contributed by atoms with E-state index in [9.17, 15) is 4.79 Å². The summed E-state index contributed by atoms with van der Waals surface area (Å²) in [5.41, 5.74) is 1.58. The summed E-state index contributed by atoms with van der Waals surface area (Å²) in [7, 11) is 1.74. The minimum atomic E-state index is -3.93. The molecule has 0 N–H and O–H groups in total. The number of carbonyl (C=O) groups is 1. The average Bonchev–Trinajstić information content (AvgIpc) is 2.52. The molecule has 2 rings (SSSR count). The van der Waals surface area contributed by atoms with Crippen molar-refractivity contribution < 1.29 is 10.8 Å². The van der Waals surface area contributed by atoms with Gasteiger partial charge in [0, 0.05) is 0 Å². The molecule has 2 unspecified atom stereocenters. The second kappa shape index (κ2) is 6.01. The molecule has 1 aromatic rings. The summed E-state index contributed by atoms with van der Waals surface area (Å²) in [5.74, 6) is -0.244. The van der Waals surface area contributed by atoms with Crippen LogP contribution in [-0.2, 0) is 6.03 Å². The van der Waals surface area contributed by atoms with Crippen molar-refractivity contribution in [2.24, 2.45) is 0 Å². The molecule has 0 amide bonds. The Hall–Kier alpha value is -0.792. The molecule has 122 valence electrons. The Morgan fingerprint density at radius 1 is 1.27 bits per heavy atom. The van der Waals surface area contributed by atoms with Gasteiger partial charge in [-0.05, 0) is 0 Å². The van der Waals surface area contributed by atoms with Crippen LogP contribution in [0.25, 0.3) is 6.08 Å². The van der Waals surface area contributed by atoms with Crippen molar-refractivity contribution in [1.29, 1.82) is 0 Å². The van der Waals surface area contributed by atoms with Crippen molar-refractivity contribution in [3.8, 4) is 0 Å². The molecule has 1 aromatic carbocycles. The van der Waals surface area contributed by atoms with Crippen LogP contribution in [0.4, 0.5) is 0 Å². The fourth-order valence-electron chi connectivity index (χ4n) is 4.10. The van der Waals surface area contributed by atoms with Crippen LogP contribution in [0.15, 0.2) is 30.8 Å². The van der Waals surface area contributed by atoms with E-state index in [4.69, 9.17) is 6.03 Å². The molecule has 1 heterocycles. The van der Waals surface area contributed by atoms with Crippen LogP contribution in [0.5, 0.6) is 0 Å². The molecule has 1 saturated heterocycles. The van der Waals surface area contributed by atoms with Crippen LogP contribution in [0, 0.1) is 0 Å². The molecule has 22 heavy (non-hydrogen) atoms. The second-order valence-corrected chi connectivity index (χ2v) is 22.7. The van der Waals surface area contributed by atoms with Gasteiger partial charge in [0.15, 0.2) is 0 Å². The third-order valence-electron chi connectivity index (χ3n) is 5.49. The Morgan fingerprint density at radius 2 is 1.82 bits per heavy atom. The third kappa shape index (κ3) is 2.25. The molecule has 0 radical (unpaired) electrons. The second-order valence-electron chi connectivity index (χ2n) is 6.57. The van der Waals surface area contributed by atoms with E-state index in [1.165, 1.54) is 0 Å². The van der Waals surface area contributed by atoms with E-state index in [-0.39, 0.29) is 9.83 Å². The molecule has 0 bridgehead atoms. The van der Waals surface area contributed by atoms with Gasteiger partial charge in [-0.2, -0.15) is 0 Å². The summed E-state index contributed by atoms with van der Waals surface area (Å²) in [5, 5.41) is 0. The first kappa shape index (κ1) is 17.6. The molecule has 1 aliphatic rings. The predicted molar refractivity (Wildman–Crippen MR) is 93.3 cm³/mol. The molecule has 4 heteroatoms. The summed E-state index contributed by atoms with van der Waals surface area (Å²) in [6.07, 6.45) is 2.84. The van der Waals surface area contributed by atoms with Gasteiger partial charge in [0.2, 0.25) is 0 Å². The van der Waals surface area contributed by atoms with Gasteiger partial charge in [-0.3, -0.25) is 0 Å². The fourth-order valence-corrected chi connectivity index (χ4v) is 21.9. The number of hydrogen-bond donors (Lipinski definition) is 0. The van der Waals surface area contributed by atoms with Crippen LogP contribution >= 0.6 is 0 Å². The summed E-state index contributed by atoms with van der Waals surface area (Å²) < 4.78 is 13.4. The number of carbonyl (C=O) groups excluding carboxylic acids is 1. The Morgan fingerprint density at radius 3 is 2.18 bits per heavy atom. The first-order chi connectivity index (χ1) is 10.3. The van der Waals surface area contributed by atoms with Crippen LogP contribution in [0.1, 0.15) is 50.0 Å². The summed E-state index contributed by atoms with van der Waals surface area (Å²) >= 11 is -3.93. The molecule has 0 spiro atoms. The zero-order chi connectivity index (χ0) is 16.6. The first-order valence-corrected chi connectivity index (χ1v) is 14.4. The molecule has 2 atom stereocenters. The number of rotatable bonds is 5. The maximum absolute atomic E-state index is 12.7. The fraction of sp³-hybridized carbons (Fsp3) is 0.500. The quantitative estimate of drug-likeness (QED) is 0.629. The molecular weight excluding hydrogens is 386 g/mol. The normalized spacial score (nSPS) is 27.3.